The van der Waals surface area contributed by atoms with Crippen molar-refractivity contribution in [3.8, 4) is 0 Å². The quantitative estimate of drug-likeness (QED) is 0.690. The van der Waals surface area contributed by atoms with Crippen molar-refractivity contribution in [2.24, 2.45) is 0 Å². The molecule has 1 aliphatic rings. The van der Waals surface area contributed by atoms with Crippen LogP contribution in [0.5, 0.6) is 0 Å². The molecule has 3 rings (SSSR count). The molecular formula is C26H34N2O2. The molecule has 0 heterocycles. The van der Waals surface area contributed by atoms with E-state index < -0.39 is 6.04 Å². The maximum atomic E-state index is 13.4. The van der Waals surface area contributed by atoms with Gasteiger partial charge in [0.25, 0.3) is 0 Å². The summed E-state index contributed by atoms with van der Waals surface area (Å²) in [6.45, 7) is 6.51. The summed E-state index contributed by atoms with van der Waals surface area (Å²) in [6.07, 6.45) is 5.32. The normalized spacial score (nSPS) is 15.0. The van der Waals surface area contributed by atoms with E-state index in [1.54, 1.807) is 4.90 Å². The Morgan fingerprint density at radius 1 is 1.00 bits per heavy atom. The second kappa shape index (κ2) is 10.4. The summed E-state index contributed by atoms with van der Waals surface area (Å²) in [7, 11) is 0. The Balaban J connectivity index is 1.82. The largest absolute Gasteiger partial charge is 0.352 e. The van der Waals surface area contributed by atoms with E-state index in [0.29, 0.717) is 19.4 Å². The lowest BCUT2D eigenvalue weighted by molar-refractivity contribution is -0.141. The Morgan fingerprint density at radius 3 is 2.20 bits per heavy atom. The summed E-state index contributed by atoms with van der Waals surface area (Å²) in [4.78, 5) is 28.3. The molecule has 4 nitrogen and oxygen atoms in total. The highest BCUT2D eigenvalue weighted by Crippen LogP contribution is 2.20. The zero-order chi connectivity index (χ0) is 21.5. The second-order valence-electron chi connectivity index (χ2n) is 8.59. The van der Waals surface area contributed by atoms with Gasteiger partial charge in [-0.1, -0.05) is 79.4 Å². The van der Waals surface area contributed by atoms with E-state index in [1.807, 2.05) is 63.2 Å². The molecular weight excluding hydrogens is 372 g/mol. The minimum absolute atomic E-state index is 0.00414. The number of nitrogens with zero attached hydrogens (tertiary/aromatic N) is 1. The predicted octanol–water partition coefficient (Wildman–Crippen LogP) is 4.71. The molecule has 0 aromatic heterocycles. The van der Waals surface area contributed by atoms with Gasteiger partial charge in [-0.25, -0.2) is 0 Å². The summed E-state index contributed by atoms with van der Waals surface area (Å²) in [5, 5.41) is 3.20. The van der Waals surface area contributed by atoms with Crippen molar-refractivity contribution in [3.05, 3.63) is 70.8 Å². The SMILES string of the molecule is CCC(C(=O)NC1CCCC1)N(Cc1cccc(C)c1)C(=O)Cc1cccc(C)c1. The van der Waals surface area contributed by atoms with Gasteiger partial charge in [-0.15, -0.1) is 0 Å². The molecule has 30 heavy (non-hydrogen) atoms. The molecule has 0 aliphatic heterocycles. The minimum atomic E-state index is -0.455. The average molecular weight is 407 g/mol. The molecule has 160 valence electrons. The van der Waals surface area contributed by atoms with Crippen molar-refractivity contribution < 1.29 is 9.59 Å². The molecule has 1 N–H and O–H groups in total. The van der Waals surface area contributed by atoms with Crippen LogP contribution in [0.25, 0.3) is 0 Å². The van der Waals surface area contributed by atoms with Gasteiger partial charge in [0.05, 0.1) is 6.42 Å². The van der Waals surface area contributed by atoms with Crippen molar-refractivity contribution >= 4 is 11.8 Å². The van der Waals surface area contributed by atoms with Gasteiger partial charge in [-0.2, -0.15) is 0 Å². The molecule has 1 atom stereocenters. The Labute approximate surface area is 180 Å². The lowest BCUT2D eigenvalue weighted by Gasteiger charge is -2.31. The van der Waals surface area contributed by atoms with E-state index >= 15 is 0 Å². The first kappa shape index (κ1) is 22.1. The molecule has 1 unspecified atom stereocenters. The first-order chi connectivity index (χ1) is 14.5. The minimum Gasteiger partial charge on any atom is -0.352 e. The van der Waals surface area contributed by atoms with Crippen LogP contribution in [0.2, 0.25) is 0 Å². The Kier molecular flexibility index (Phi) is 7.67. The maximum absolute atomic E-state index is 13.4. The van der Waals surface area contributed by atoms with E-state index in [4.69, 9.17) is 0 Å². The van der Waals surface area contributed by atoms with Crippen LogP contribution in [0.4, 0.5) is 0 Å². The summed E-state index contributed by atoms with van der Waals surface area (Å²) >= 11 is 0. The van der Waals surface area contributed by atoms with E-state index in [1.165, 1.54) is 12.8 Å². The predicted molar refractivity (Wildman–Crippen MR) is 121 cm³/mol. The van der Waals surface area contributed by atoms with Gasteiger partial charge >= 0.3 is 0 Å². The topological polar surface area (TPSA) is 49.4 Å². The fourth-order valence-corrected chi connectivity index (χ4v) is 4.39. The number of carbonyl (C=O) groups excluding carboxylic acids is 2. The number of amides is 2. The molecule has 1 fully saturated rings. The van der Waals surface area contributed by atoms with Crippen LogP contribution in [0.1, 0.15) is 61.3 Å². The Hall–Kier alpha value is -2.62. The number of aryl methyl sites for hydroxylation is 2. The van der Waals surface area contributed by atoms with Crippen molar-refractivity contribution in [2.75, 3.05) is 0 Å². The number of nitrogens with one attached hydrogen (secondary N) is 1. The van der Waals surface area contributed by atoms with E-state index in [-0.39, 0.29) is 17.9 Å². The van der Waals surface area contributed by atoms with Gasteiger partial charge in [-0.3, -0.25) is 9.59 Å². The Morgan fingerprint density at radius 2 is 1.60 bits per heavy atom. The molecule has 0 bridgehead atoms. The first-order valence-electron chi connectivity index (χ1n) is 11.2. The van der Waals surface area contributed by atoms with Gasteiger partial charge in [-0.05, 0) is 44.2 Å². The zero-order valence-electron chi connectivity index (χ0n) is 18.5. The van der Waals surface area contributed by atoms with Crippen LogP contribution in [0.3, 0.4) is 0 Å². The van der Waals surface area contributed by atoms with Crippen molar-refractivity contribution in [1.82, 2.24) is 10.2 Å². The van der Waals surface area contributed by atoms with Gasteiger partial charge in [0.1, 0.15) is 6.04 Å². The number of hydrogen-bond acceptors (Lipinski definition) is 2. The molecule has 0 saturated heterocycles. The molecule has 2 amide bonds. The molecule has 2 aromatic carbocycles. The monoisotopic (exact) mass is 406 g/mol. The highest BCUT2D eigenvalue weighted by molar-refractivity contribution is 5.88. The molecule has 0 radical (unpaired) electrons. The van der Waals surface area contributed by atoms with E-state index in [9.17, 15) is 9.59 Å². The molecule has 2 aromatic rings. The number of rotatable bonds is 8. The van der Waals surface area contributed by atoms with Crippen molar-refractivity contribution in [2.45, 2.75) is 77.9 Å². The van der Waals surface area contributed by atoms with Gasteiger partial charge in [0, 0.05) is 12.6 Å². The third-order valence-electron chi connectivity index (χ3n) is 5.96. The van der Waals surface area contributed by atoms with Crippen LogP contribution in [0.15, 0.2) is 48.5 Å². The van der Waals surface area contributed by atoms with E-state index in [2.05, 4.69) is 11.4 Å². The molecule has 1 aliphatic carbocycles. The maximum Gasteiger partial charge on any atom is 0.243 e. The average Bonchev–Trinajstić information content (AvgIpc) is 3.21. The van der Waals surface area contributed by atoms with Crippen LogP contribution in [-0.4, -0.2) is 28.8 Å². The second-order valence-corrected chi connectivity index (χ2v) is 8.59. The lowest BCUT2D eigenvalue weighted by atomic mass is 10.0. The number of hydrogen-bond donors (Lipinski definition) is 1. The van der Waals surface area contributed by atoms with Crippen LogP contribution >= 0.6 is 0 Å². The molecule has 0 spiro atoms. The third-order valence-corrected chi connectivity index (χ3v) is 5.96. The third kappa shape index (κ3) is 5.94. The standard InChI is InChI=1S/C26H34N2O2/c1-4-24(26(30)27-23-13-5-6-14-23)28(18-22-12-8-10-20(3)16-22)25(29)17-21-11-7-9-19(2)15-21/h7-12,15-16,23-24H,4-6,13-14,17-18H2,1-3H3,(H,27,30). The highest BCUT2D eigenvalue weighted by Gasteiger charge is 2.30. The smallest absolute Gasteiger partial charge is 0.243 e. The number of benzene rings is 2. The van der Waals surface area contributed by atoms with E-state index in [0.717, 1.165) is 35.1 Å². The summed E-state index contributed by atoms with van der Waals surface area (Å²) in [5.41, 5.74) is 4.33. The van der Waals surface area contributed by atoms with Crippen LogP contribution < -0.4 is 5.32 Å². The van der Waals surface area contributed by atoms with Crippen LogP contribution in [-0.2, 0) is 22.6 Å². The van der Waals surface area contributed by atoms with Crippen molar-refractivity contribution in [1.29, 1.82) is 0 Å². The molecule has 1 saturated carbocycles. The fourth-order valence-electron chi connectivity index (χ4n) is 4.39. The highest BCUT2D eigenvalue weighted by atomic mass is 16.2. The fraction of sp³-hybridized carbons (Fsp3) is 0.462. The van der Waals surface area contributed by atoms with Gasteiger partial charge < -0.3 is 10.2 Å². The number of carbonyl (C=O) groups is 2. The summed E-state index contributed by atoms with van der Waals surface area (Å²) in [6, 6.07) is 16.0. The zero-order valence-corrected chi connectivity index (χ0v) is 18.5. The first-order valence-corrected chi connectivity index (χ1v) is 11.2. The van der Waals surface area contributed by atoms with Crippen LogP contribution in [0, 0.1) is 13.8 Å². The van der Waals surface area contributed by atoms with Gasteiger partial charge in [0.15, 0.2) is 0 Å². The Bertz CT molecular complexity index is 871. The molecule has 4 heteroatoms. The summed E-state index contributed by atoms with van der Waals surface area (Å²) in [5.74, 6) is -0.0230. The lowest BCUT2D eigenvalue weighted by Crippen LogP contribution is -2.51. The van der Waals surface area contributed by atoms with Gasteiger partial charge in [0.2, 0.25) is 11.8 Å². The van der Waals surface area contributed by atoms with Crippen molar-refractivity contribution in [3.63, 3.8) is 0 Å². The summed E-state index contributed by atoms with van der Waals surface area (Å²) < 4.78 is 0.